The number of halogens is 2. The minimum Gasteiger partial charge on any atom is -0.479 e. The zero-order chi connectivity index (χ0) is 13.8. The van der Waals surface area contributed by atoms with Crippen molar-refractivity contribution in [3.05, 3.63) is 53.5 Å². The topological polar surface area (TPSA) is 52.1 Å². The molecule has 0 saturated heterocycles. The van der Waals surface area contributed by atoms with Crippen molar-refractivity contribution < 1.29 is 18.3 Å². The maximum Gasteiger partial charge on any atom is 0.243 e. The van der Waals surface area contributed by atoms with Gasteiger partial charge in [-0.1, -0.05) is 0 Å². The molecule has 2 aromatic rings. The summed E-state index contributed by atoms with van der Waals surface area (Å²) in [5.74, 6) is -1.79. The van der Waals surface area contributed by atoms with E-state index < -0.39 is 17.4 Å². The molecule has 0 fully saturated rings. The Kier molecular flexibility index (Phi) is 3.79. The molecule has 1 aromatic carbocycles. The lowest BCUT2D eigenvalue weighted by molar-refractivity contribution is 0.0984. The second-order valence-electron chi connectivity index (χ2n) is 3.79. The fourth-order valence-electron chi connectivity index (χ4n) is 1.65. The van der Waals surface area contributed by atoms with Crippen LogP contribution < -0.4 is 4.74 Å². The van der Waals surface area contributed by atoms with Gasteiger partial charge in [0.25, 0.3) is 0 Å². The average molecular weight is 264 g/mol. The molecular formula is C13H10F2N2O2. The van der Waals surface area contributed by atoms with Crippen LogP contribution in [-0.2, 0) is 6.42 Å². The van der Waals surface area contributed by atoms with E-state index in [1.807, 2.05) is 0 Å². The number of benzene rings is 1. The first-order chi connectivity index (χ1) is 9.10. The van der Waals surface area contributed by atoms with E-state index in [9.17, 15) is 13.6 Å². The van der Waals surface area contributed by atoms with Gasteiger partial charge in [0.1, 0.15) is 11.6 Å². The lowest BCUT2D eigenvalue weighted by atomic mass is 10.1. The molecular weight excluding hydrogens is 254 g/mol. The van der Waals surface area contributed by atoms with Gasteiger partial charge in [-0.15, -0.1) is 0 Å². The van der Waals surface area contributed by atoms with Crippen LogP contribution in [0, 0.1) is 11.6 Å². The lowest BCUT2D eigenvalue weighted by Crippen LogP contribution is -2.09. The van der Waals surface area contributed by atoms with Crippen molar-refractivity contribution in [3.63, 3.8) is 0 Å². The fraction of sp³-hybridized carbons (Fsp3) is 0.154. The third-order valence-electron chi connectivity index (χ3n) is 2.41. The number of hydrogen-bond acceptors (Lipinski definition) is 4. The van der Waals surface area contributed by atoms with Gasteiger partial charge in [-0.25, -0.2) is 18.7 Å². The average Bonchev–Trinajstić information content (AvgIpc) is 2.37. The largest absolute Gasteiger partial charge is 0.479 e. The summed E-state index contributed by atoms with van der Waals surface area (Å²) in [5, 5.41) is 0. The number of nitrogens with zero attached hydrogens (tertiary/aromatic N) is 2. The Morgan fingerprint density at radius 1 is 1.16 bits per heavy atom. The molecule has 19 heavy (non-hydrogen) atoms. The fourth-order valence-corrected chi connectivity index (χ4v) is 1.65. The van der Waals surface area contributed by atoms with Gasteiger partial charge in [-0.3, -0.25) is 4.79 Å². The molecule has 98 valence electrons. The van der Waals surface area contributed by atoms with Crippen LogP contribution >= 0.6 is 0 Å². The third-order valence-corrected chi connectivity index (χ3v) is 2.41. The normalized spacial score (nSPS) is 10.3. The summed E-state index contributed by atoms with van der Waals surface area (Å²) in [6.45, 7) is 0. The van der Waals surface area contributed by atoms with Crippen LogP contribution in [0.2, 0.25) is 0 Å². The molecule has 0 atom stereocenters. The first-order valence-electron chi connectivity index (χ1n) is 5.43. The number of carbonyl (C=O) groups is 1. The highest BCUT2D eigenvalue weighted by Crippen LogP contribution is 2.15. The summed E-state index contributed by atoms with van der Waals surface area (Å²) in [7, 11) is 1.36. The van der Waals surface area contributed by atoms with Crippen molar-refractivity contribution in [1.29, 1.82) is 0 Å². The van der Waals surface area contributed by atoms with Crippen LogP contribution in [0.3, 0.4) is 0 Å². The molecule has 1 aromatic heterocycles. The molecule has 0 saturated carbocycles. The zero-order valence-electron chi connectivity index (χ0n) is 10.1. The minimum absolute atomic E-state index is 0.0367. The molecule has 4 nitrogen and oxygen atoms in total. The molecule has 0 aliphatic heterocycles. The van der Waals surface area contributed by atoms with Gasteiger partial charge in [-0.05, 0) is 17.7 Å². The summed E-state index contributed by atoms with van der Waals surface area (Å²) in [5.41, 5.74) is 0.268. The molecule has 0 unspecified atom stereocenters. The maximum atomic E-state index is 13.0. The second-order valence-corrected chi connectivity index (χ2v) is 3.79. The Morgan fingerprint density at radius 2 is 1.79 bits per heavy atom. The van der Waals surface area contributed by atoms with Crippen LogP contribution in [0.15, 0.2) is 30.6 Å². The smallest absolute Gasteiger partial charge is 0.243 e. The first-order valence-corrected chi connectivity index (χ1v) is 5.43. The Balaban J connectivity index is 2.25. The van der Waals surface area contributed by atoms with E-state index in [-0.39, 0.29) is 23.6 Å². The van der Waals surface area contributed by atoms with Crippen LogP contribution in [0.5, 0.6) is 5.88 Å². The van der Waals surface area contributed by atoms with Crippen molar-refractivity contribution in [3.8, 4) is 5.88 Å². The minimum atomic E-state index is -0.728. The van der Waals surface area contributed by atoms with Crippen LogP contribution in [0.4, 0.5) is 8.78 Å². The molecule has 0 N–H and O–H groups in total. The predicted octanol–water partition coefficient (Wildman–Crippen LogP) is 2.19. The van der Waals surface area contributed by atoms with Crippen molar-refractivity contribution in [1.82, 2.24) is 9.97 Å². The quantitative estimate of drug-likeness (QED) is 0.794. The molecule has 0 bridgehead atoms. The van der Waals surface area contributed by atoms with Gasteiger partial charge < -0.3 is 4.74 Å². The highest BCUT2D eigenvalue weighted by atomic mass is 19.1. The van der Waals surface area contributed by atoms with Gasteiger partial charge in [-0.2, -0.15) is 0 Å². The number of ether oxygens (including phenoxy) is 1. The van der Waals surface area contributed by atoms with E-state index in [0.717, 1.165) is 18.2 Å². The monoisotopic (exact) mass is 264 g/mol. The van der Waals surface area contributed by atoms with E-state index in [0.29, 0.717) is 0 Å². The van der Waals surface area contributed by atoms with Crippen LogP contribution in [-0.4, -0.2) is 22.9 Å². The molecule has 0 aliphatic rings. The van der Waals surface area contributed by atoms with E-state index >= 15 is 0 Å². The van der Waals surface area contributed by atoms with Crippen LogP contribution in [0.1, 0.15) is 16.1 Å². The number of aromatic nitrogens is 2. The summed E-state index contributed by atoms with van der Waals surface area (Å²) < 4.78 is 31.0. The number of hydrogen-bond donors (Lipinski definition) is 0. The van der Waals surface area contributed by atoms with Gasteiger partial charge in [0.05, 0.1) is 7.11 Å². The number of rotatable bonds is 4. The Bertz CT molecular complexity index is 597. The molecule has 0 spiro atoms. The standard InChI is InChI=1S/C13H10F2N2O2/c1-19-13-12(16-2-3-17-13)11(18)6-8-4-9(14)7-10(15)5-8/h2-5,7H,6H2,1H3. The molecule has 6 heteroatoms. The molecule has 0 amide bonds. The molecule has 1 heterocycles. The van der Waals surface area contributed by atoms with Crippen molar-refractivity contribution in [2.24, 2.45) is 0 Å². The summed E-state index contributed by atoms with van der Waals surface area (Å²) in [6, 6.07) is 2.95. The summed E-state index contributed by atoms with van der Waals surface area (Å²) >= 11 is 0. The molecule has 2 rings (SSSR count). The Labute approximate surface area is 108 Å². The van der Waals surface area contributed by atoms with Crippen molar-refractivity contribution in [2.75, 3.05) is 7.11 Å². The zero-order valence-corrected chi connectivity index (χ0v) is 10.1. The number of methoxy groups -OCH3 is 1. The van der Waals surface area contributed by atoms with E-state index in [1.54, 1.807) is 0 Å². The van der Waals surface area contributed by atoms with Gasteiger partial charge in [0, 0.05) is 24.9 Å². The van der Waals surface area contributed by atoms with E-state index in [2.05, 4.69) is 9.97 Å². The highest BCUT2D eigenvalue weighted by Gasteiger charge is 2.16. The molecule has 0 aliphatic carbocycles. The van der Waals surface area contributed by atoms with E-state index in [4.69, 9.17) is 4.74 Å². The van der Waals surface area contributed by atoms with Gasteiger partial charge in [0.2, 0.25) is 5.88 Å². The van der Waals surface area contributed by atoms with Crippen LogP contribution in [0.25, 0.3) is 0 Å². The van der Waals surface area contributed by atoms with E-state index in [1.165, 1.54) is 19.5 Å². The Morgan fingerprint density at radius 3 is 2.42 bits per heavy atom. The first kappa shape index (κ1) is 13.1. The van der Waals surface area contributed by atoms with Crippen molar-refractivity contribution >= 4 is 5.78 Å². The maximum absolute atomic E-state index is 13.0. The highest BCUT2D eigenvalue weighted by molar-refractivity contribution is 5.97. The second kappa shape index (κ2) is 5.51. The third kappa shape index (κ3) is 3.09. The van der Waals surface area contributed by atoms with Crippen molar-refractivity contribution in [2.45, 2.75) is 6.42 Å². The lowest BCUT2D eigenvalue weighted by Gasteiger charge is -2.05. The predicted molar refractivity (Wildman–Crippen MR) is 63.0 cm³/mol. The van der Waals surface area contributed by atoms with Gasteiger partial charge >= 0.3 is 0 Å². The summed E-state index contributed by atoms with van der Waals surface area (Å²) in [4.78, 5) is 19.7. The van der Waals surface area contributed by atoms with Gasteiger partial charge in [0.15, 0.2) is 11.5 Å². The SMILES string of the molecule is COc1nccnc1C(=O)Cc1cc(F)cc(F)c1. The number of ketones is 1. The number of Topliss-reactive ketones (excluding diaryl/α,β-unsaturated/α-hetero) is 1. The summed E-state index contributed by atoms with van der Waals surface area (Å²) in [6.07, 6.45) is 2.56. The number of carbonyl (C=O) groups excluding carboxylic acids is 1. The Hall–Kier alpha value is -2.37. The molecule has 0 radical (unpaired) electrons.